The number of aliphatic hydroxyl groups excluding tert-OH is 2. The largest absolute Gasteiger partial charge is 2.00 e. The summed E-state index contributed by atoms with van der Waals surface area (Å²) in [6.45, 7) is 11.0. The van der Waals surface area contributed by atoms with Crippen molar-refractivity contribution in [3.05, 3.63) is 0 Å². The second-order valence-electron chi connectivity index (χ2n) is 7.28. The van der Waals surface area contributed by atoms with E-state index in [1.165, 1.54) is 0 Å². The van der Waals surface area contributed by atoms with Gasteiger partial charge in [-0.1, -0.05) is 39.5 Å². The Morgan fingerprint density at radius 3 is 1.03 bits per heavy atom. The van der Waals surface area contributed by atoms with Crippen LogP contribution in [0.2, 0.25) is 0 Å². The van der Waals surface area contributed by atoms with Gasteiger partial charge in [0.15, 0.2) is 0 Å². The molecule has 0 fully saturated rings. The fraction of sp³-hybridized carbons (Fsp3) is 0.818. The number of carbonyl (C=O) groups excluding carboxylic acids is 4. The number of ketones is 2. The maximum Gasteiger partial charge on any atom is 2.00 e. The van der Waals surface area contributed by atoms with Crippen LogP contribution in [0.25, 0.3) is 0 Å². The topological polar surface area (TPSA) is 155 Å². The van der Waals surface area contributed by atoms with Gasteiger partial charge in [0.05, 0.1) is 0 Å². The van der Waals surface area contributed by atoms with E-state index in [1.54, 1.807) is 27.7 Å². The number of rotatable bonds is 12. The minimum Gasteiger partial charge on any atom is -0.550 e. The summed E-state index contributed by atoms with van der Waals surface area (Å²) in [5.74, 6) is -2.99. The molecule has 0 aromatic carbocycles. The van der Waals surface area contributed by atoms with Crippen LogP contribution in [-0.4, -0.2) is 45.9 Å². The van der Waals surface area contributed by atoms with E-state index in [0.29, 0.717) is 12.8 Å². The van der Waals surface area contributed by atoms with Crippen LogP contribution in [0.5, 0.6) is 0 Å². The summed E-state index contributed by atoms with van der Waals surface area (Å²) in [4.78, 5) is 41.2. The Kier molecular flexibility index (Phi) is 40.4. The number of carbonyl (C=O) groups is 4. The summed E-state index contributed by atoms with van der Waals surface area (Å²) in [5, 5.41) is 35.9. The number of carboxylic acids is 2. The van der Waals surface area contributed by atoms with E-state index in [2.05, 4.69) is 0 Å². The molecule has 0 aliphatic carbocycles. The number of Topliss-reactive ketones (excluding diaryl/α,β-unsaturated/α-hetero) is 2. The molecule has 2 N–H and O–H groups in total. The fourth-order valence-corrected chi connectivity index (χ4v) is 1.64. The van der Waals surface area contributed by atoms with Gasteiger partial charge in [0.1, 0.15) is 11.6 Å². The van der Waals surface area contributed by atoms with Crippen LogP contribution in [0.1, 0.15) is 106 Å². The Hall–Kier alpha value is -1.09. The smallest absolute Gasteiger partial charge is 0.550 e. The zero-order valence-corrected chi connectivity index (χ0v) is 21.6. The van der Waals surface area contributed by atoms with Gasteiger partial charge in [-0.2, -0.15) is 0 Å². The normalized spacial score (nSPS) is 9.10. The van der Waals surface area contributed by atoms with E-state index >= 15 is 0 Å². The van der Waals surface area contributed by atoms with Crippen molar-refractivity contribution in [2.24, 2.45) is 0 Å². The molecule has 0 unspecified atom stereocenters. The predicted octanol–water partition coefficient (Wildman–Crippen LogP) is 1.32. The standard InChI is InChI=1S/2C8H14O3.2C3H8O.Ti/c2*1-2-3-4-5-7(9)6-8(10)11;2*1-3(2)4;/h2*2-6H2,1H3,(H,10,11);2*3-4H,1-2H3;/q;;;;+2/p-2. The Balaban J connectivity index is -0.000000106. The zero-order chi connectivity index (χ0) is 24.5. The second kappa shape index (κ2) is 31.1. The molecule has 0 amide bonds. The van der Waals surface area contributed by atoms with Gasteiger partial charge in [0, 0.05) is 49.8 Å². The minimum atomic E-state index is -1.27. The summed E-state index contributed by atoms with van der Waals surface area (Å²) in [6.07, 6.45) is 5.21. The third-order valence-electron chi connectivity index (χ3n) is 2.80. The van der Waals surface area contributed by atoms with Crippen LogP contribution >= 0.6 is 0 Å². The van der Waals surface area contributed by atoms with Crippen LogP contribution in [0.4, 0.5) is 0 Å². The minimum absolute atomic E-state index is 0. The van der Waals surface area contributed by atoms with Crippen LogP contribution in [0, 0.1) is 0 Å². The van der Waals surface area contributed by atoms with E-state index < -0.39 is 24.8 Å². The molecular weight excluding hydrogens is 440 g/mol. The summed E-state index contributed by atoms with van der Waals surface area (Å²) in [6, 6.07) is 0. The molecule has 9 heteroatoms. The molecule has 182 valence electrons. The molecule has 0 saturated heterocycles. The Morgan fingerprint density at radius 1 is 0.645 bits per heavy atom. The first-order chi connectivity index (χ1) is 13.8. The van der Waals surface area contributed by atoms with E-state index in [0.717, 1.165) is 38.5 Å². The van der Waals surface area contributed by atoms with Crippen molar-refractivity contribution >= 4 is 23.5 Å². The molecule has 0 aromatic rings. The molecule has 0 spiro atoms. The molecule has 0 atom stereocenters. The van der Waals surface area contributed by atoms with Crippen LogP contribution in [0.3, 0.4) is 0 Å². The first-order valence-corrected chi connectivity index (χ1v) is 10.6. The third-order valence-corrected chi connectivity index (χ3v) is 2.80. The molecule has 0 aliphatic rings. The SMILES string of the molecule is CC(C)O.CC(C)O.CCCCCC(=O)CC(=O)[O-].CCCCCC(=O)CC(=O)[O-].[Ti+2]. The number of hydrogen-bond acceptors (Lipinski definition) is 8. The molecule has 0 bridgehead atoms. The fourth-order valence-electron chi connectivity index (χ4n) is 1.64. The first kappa shape index (κ1) is 40.3. The van der Waals surface area contributed by atoms with Gasteiger partial charge in [0.25, 0.3) is 0 Å². The van der Waals surface area contributed by atoms with Gasteiger partial charge in [-0.3, -0.25) is 9.59 Å². The number of unbranched alkanes of at least 4 members (excludes halogenated alkanes) is 4. The summed E-state index contributed by atoms with van der Waals surface area (Å²) in [7, 11) is 0. The Labute approximate surface area is 202 Å². The van der Waals surface area contributed by atoms with Gasteiger partial charge in [-0.05, 0) is 40.5 Å². The van der Waals surface area contributed by atoms with E-state index in [9.17, 15) is 29.4 Å². The number of aliphatic carboxylic acids is 2. The van der Waals surface area contributed by atoms with Gasteiger partial charge in [-0.15, -0.1) is 0 Å². The van der Waals surface area contributed by atoms with Gasteiger partial charge in [0.2, 0.25) is 0 Å². The summed E-state index contributed by atoms with van der Waals surface area (Å²) in [5.41, 5.74) is 0. The predicted molar refractivity (Wildman–Crippen MR) is 112 cm³/mol. The van der Waals surface area contributed by atoms with Gasteiger partial charge >= 0.3 is 21.7 Å². The molecule has 0 radical (unpaired) electrons. The Bertz CT molecular complexity index is 392. The van der Waals surface area contributed by atoms with E-state index in [4.69, 9.17) is 10.2 Å². The van der Waals surface area contributed by atoms with Gasteiger partial charge < -0.3 is 30.0 Å². The molecule has 0 rings (SSSR count). The maximum atomic E-state index is 10.7. The number of aliphatic hydroxyl groups is 2. The van der Waals surface area contributed by atoms with E-state index in [1.807, 2.05) is 13.8 Å². The molecule has 0 heterocycles. The van der Waals surface area contributed by atoms with Crippen molar-refractivity contribution in [2.75, 3.05) is 0 Å². The second-order valence-corrected chi connectivity index (χ2v) is 7.28. The number of carboxylic acid groups (broad SMARTS) is 2. The van der Waals surface area contributed by atoms with Crippen molar-refractivity contribution < 1.29 is 61.3 Å². The Morgan fingerprint density at radius 2 is 0.871 bits per heavy atom. The number of hydrogen-bond donors (Lipinski definition) is 2. The van der Waals surface area contributed by atoms with Crippen LogP contribution in [-0.2, 0) is 40.9 Å². The van der Waals surface area contributed by atoms with Crippen LogP contribution in [0.15, 0.2) is 0 Å². The van der Waals surface area contributed by atoms with Crippen molar-refractivity contribution in [2.45, 2.75) is 118 Å². The third kappa shape index (κ3) is 73.2. The first-order valence-electron chi connectivity index (χ1n) is 10.6. The van der Waals surface area contributed by atoms with E-state index in [-0.39, 0.29) is 45.5 Å². The summed E-state index contributed by atoms with van der Waals surface area (Å²) >= 11 is 0. The molecular formula is C22H42O8Ti. The maximum absolute atomic E-state index is 10.7. The zero-order valence-electron chi connectivity index (χ0n) is 20.1. The summed E-state index contributed by atoms with van der Waals surface area (Å²) < 4.78 is 0. The van der Waals surface area contributed by atoms with Gasteiger partial charge in [-0.25, -0.2) is 0 Å². The molecule has 0 saturated carbocycles. The quantitative estimate of drug-likeness (QED) is 0.240. The molecule has 0 aromatic heterocycles. The monoisotopic (exact) mass is 482 g/mol. The molecule has 31 heavy (non-hydrogen) atoms. The van der Waals surface area contributed by atoms with Crippen LogP contribution < -0.4 is 10.2 Å². The van der Waals surface area contributed by atoms with Crippen molar-refractivity contribution in [1.29, 1.82) is 0 Å². The molecule has 8 nitrogen and oxygen atoms in total. The molecule has 0 aliphatic heterocycles. The van der Waals surface area contributed by atoms with Crippen molar-refractivity contribution in [1.82, 2.24) is 0 Å². The average Bonchev–Trinajstić information content (AvgIpc) is 2.53. The average molecular weight is 482 g/mol. The van der Waals surface area contributed by atoms with Crippen molar-refractivity contribution in [3.8, 4) is 0 Å². The van der Waals surface area contributed by atoms with Crippen molar-refractivity contribution in [3.63, 3.8) is 0 Å².